The zero-order chi connectivity index (χ0) is 14.4. The number of hydrogen-bond acceptors (Lipinski definition) is 5. The summed E-state index contributed by atoms with van der Waals surface area (Å²) in [6, 6.07) is 8.78. The van der Waals surface area contributed by atoms with Gasteiger partial charge in [0.15, 0.2) is 11.5 Å². The molecule has 6 nitrogen and oxygen atoms in total. The Bertz CT molecular complexity index is 809. The van der Waals surface area contributed by atoms with Crippen molar-refractivity contribution in [3.05, 3.63) is 36.2 Å². The Morgan fingerprint density at radius 2 is 2.14 bits per heavy atom. The molecule has 0 spiro atoms. The zero-order valence-electron chi connectivity index (χ0n) is 11.7. The van der Waals surface area contributed by atoms with Crippen LogP contribution >= 0.6 is 0 Å². The van der Waals surface area contributed by atoms with E-state index in [-0.39, 0.29) is 5.95 Å². The molecule has 1 unspecified atom stereocenters. The van der Waals surface area contributed by atoms with E-state index in [4.69, 9.17) is 5.73 Å². The Hall–Kier alpha value is -2.63. The normalized spacial score (nSPS) is 18.0. The second-order valence-corrected chi connectivity index (χ2v) is 5.39. The van der Waals surface area contributed by atoms with E-state index in [1.165, 1.54) is 11.3 Å². The smallest absolute Gasteiger partial charge is 0.224 e. The largest absolute Gasteiger partial charge is 0.368 e. The first kappa shape index (κ1) is 12.1. The Morgan fingerprint density at radius 3 is 3.05 bits per heavy atom. The Kier molecular flexibility index (Phi) is 2.57. The third-order valence-corrected chi connectivity index (χ3v) is 4.04. The number of nitrogens with zero attached hydrogens (tertiary/aromatic N) is 4. The number of nitrogens with two attached hydrogens (primary N) is 1. The average Bonchev–Trinajstić information content (AvgIpc) is 2.94. The lowest BCUT2D eigenvalue weighted by Gasteiger charge is -2.36. The number of rotatable bonds is 1. The number of nitrogen functional groups attached to an aromatic ring is 1. The van der Waals surface area contributed by atoms with Gasteiger partial charge < -0.3 is 15.6 Å². The summed E-state index contributed by atoms with van der Waals surface area (Å²) < 4.78 is 0. The lowest BCUT2D eigenvalue weighted by atomic mass is 9.96. The third kappa shape index (κ3) is 1.83. The minimum Gasteiger partial charge on any atom is -0.368 e. The number of H-pyrrole nitrogens is 1. The van der Waals surface area contributed by atoms with E-state index in [1.807, 2.05) is 0 Å². The van der Waals surface area contributed by atoms with Crippen molar-refractivity contribution in [3.8, 4) is 0 Å². The fraction of sp³-hybridized carbons (Fsp3) is 0.267. The average molecular weight is 280 g/mol. The molecule has 4 rings (SSSR count). The van der Waals surface area contributed by atoms with Gasteiger partial charge in [-0.2, -0.15) is 9.97 Å². The van der Waals surface area contributed by atoms with Crippen LogP contribution in [0.5, 0.6) is 0 Å². The second kappa shape index (κ2) is 4.44. The van der Waals surface area contributed by atoms with Crippen molar-refractivity contribution in [3.63, 3.8) is 0 Å². The molecule has 0 bridgehead atoms. The highest BCUT2D eigenvalue weighted by atomic mass is 15.3. The number of nitrogens with one attached hydrogen (secondary N) is 1. The molecular weight excluding hydrogens is 264 g/mol. The first-order valence-electron chi connectivity index (χ1n) is 7.08. The zero-order valence-corrected chi connectivity index (χ0v) is 11.7. The number of aromatic amines is 1. The van der Waals surface area contributed by atoms with E-state index in [9.17, 15) is 0 Å². The van der Waals surface area contributed by atoms with Gasteiger partial charge in [-0.15, -0.1) is 0 Å². The SMILES string of the molecule is CC1CCc2ccccc2N1c1nc(N)nc2nc[nH]c12. The van der Waals surface area contributed by atoms with Gasteiger partial charge in [-0.05, 0) is 31.4 Å². The molecule has 106 valence electrons. The standard InChI is InChI=1S/C15H16N6/c1-9-6-7-10-4-2-3-5-11(10)21(9)14-12-13(18-8-17-12)19-15(16)20-14/h2-5,8-9H,6-7H2,1H3,(H3,16,17,18,19,20). The summed E-state index contributed by atoms with van der Waals surface area (Å²) in [6.45, 7) is 2.20. The molecular formula is C15H16N6. The molecule has 1 aliphatic heterocycles. The monoisotopic (exact) mass is 280 g/mol. The molecule has 0 radical (unpaired) electrons. The Labute approximate surface area is 122 Å². The van der Waals surface area contributed by atoms with Gasteiger partial charge in [-0.3, -0.25) is 0 Å². The van der Waals surface area contributed by atoms with Crippen LogP contribution in [0.25, 0.3) is 11.2 Å². The first-order valence-corrected chi connectivity index (χ1v) is 7.08. The summed E-state index contributed by atoms with van der Waals surface area (Å²) in [6.07, 6.45) is 3.79. The number of aryl methyl sites for hydroxylation is 1. The second-order valence-electron chi connectivity index (χ2n) is 5.39. The fourth-order valence-electron chi connectivity index (χ4n) is 3.02. The van der Waals surface area contributed by atoms with Crippen molar-refractivity contribution in [2.45, 2.75) is 25.8 Å². The van der Waals surface area contributed by atoms with Gasteiger partial charge in [0.1, 0.15) is 5.52 Å². The van der Waals surface area contributed by atoms with Crippen molar-refractivity contribution < 1.29 is 0 Å². The quantitative estimate of drug-likeness (QED) is 0.715. The predicted molar refractivity (Wildman–Crippen MR) is 82.5 cm³/mol. The highest BCUT2D eigenvalue weighted by Gasteiger charge is 2.27. The maximum atomic E-state index is 5.85. The molecule has 6 heteroatoms. The molecule has 3 N–H and O–H groups in total. The van der Waals surface area contributed by atoms with Gasteiger partial charge in [0.2, 0.25) is 5.95 Å². The van der Waals surface area contributed by atoms with Crippen LogP contribution in [0.2, 0.25) is 0 Å². The maximum absolute atomic E-state index is 5.85. The van der Waals surface area contributed by atoms with Gasteiger partial charge in [0.25, 0.3) is 0 Å². The van der Waals surface area contributed by atoms with E-state index < -0.39 is 0 Å². The lowest BCUT2D eigenvalue weighted by Crippen LogP contribution is -2.34. The molecule has 1 aromatic carbocycles. The van der Waals surface area contributed by atoms with E-state index in [2.05, 4.69) is 56.0 Å². The lowest BCUT2D eigenvalue weighted by molar-refractivity contribution is 0.614. The van der Waals surface area contributed by atoms with E-state index >= 15 is 0 Å². The van der Waals surface area contributed by atoms with Crippen LogP contribution in [0.3, 0.4) is 0 Å². The number of imidazole rings is 1. The van der Waals surface area contributed by atoms with Crippen LogP contribution in [-0.2, 0) is 6.42 Å². The number of anilines is 3. The van der Waals surface area contributed by atoms with Crippen molar-refractivity contribution in [2.75, 3.05) is 10.6 Å². The van der Waals surface area contributed by atoms with Gasteiger partial charge in [0.05, 0.1) is 6.33 Å². The van der Waals surface area contributed by atoms with Crippen LogP contribution < -0.4 is 10.6 Å². The minimum absolute atomic E-state index is 0.250. The summed E-state index contributed by atoms with van der Waals surface area (Å²) in [7, 11) is 0. The van der Waals surface area contributed by atoms with Crippen LogP contribution in [-0.4, -0.2) is 26.0 Å². The topological polar surface area (TPSA) is 83.7 Å². The predicted octanol–water partition coefficient (Wildman–Crippen LogP) is 2.41. The molecule has 3 aromatic rings. The van der Waals surface area contributed by atoms with Crippen LogP contribution in [0.15, 0.2) is 30.6 Å². The third-order valence-electron chi connectivity index (χ3n) is 4.04. The van der Waals surface area contributed by atoms with Gasteiger partial charge in [-0.25, -0.2) is 4.98 Å². The molecule has 2 aromatic heterocycles. The first-order chi connectivity index (χ1) is 10.2. The fourth-order valence-corrected chi connectivity index (χ4v) is 3.02. The van der Waals surface area contributed by atoms with Crippen molar-refractivity contribution >= 4 is 28.6 Å². The summed E-state index contributed by atoms with van der Waals surface area (Å²) in [5.41, 5.74) is 9.80. The molecule has 1 atom stereocenters. The summed E-state index contributed by atoms with van der Waals surface area (Å²) >= 11 is 0. The number of aromatic nitrogens is 4. The molecule has 0 amide bonds. The number of hydrogen-bond donors (Lipinski definition) is 2. The minimum atomic E-state index is 0.250. The number of benzene rings is 1. The van der Waals surface area contributed by atoms with Gasteiger partial charge in [0, 0.05) is 11.7 Å². The van der Waals surface area contributed by atoms with E-state index in [0.717, 1.165) is 24.2 Å². The summed E-state index contributed by atoms with van der Waals surface area (Å²) in [4.78, 5) is 18.2. The van der Waals surface area contributed by atoms with Crippen LogP contribution in [0.1, 0.15) is 18.9 Å². The molecule has 0 fully saturated rings. The molecule has 0 aliphatic carbocycles. The molecule has 0 saturated heterocycles. The highest BCUT2D eigenvalue weighted by molar-refractivity contribution is 5.88. The van der Waals surface area contributed by atoms with Crippen molar-refractivity contribution in [1.29, 1.82) is 0 Å². The molecule has 0 saturated carbocycles. The Balaban J connectivity index is 1.97. The molecule has 1 aliphatic rings. The number of fused-ring (bicyclic) bond motifs is 2. The maximum Gasteiger partial charge on any atom is 0.224 e. The van der Waals surface area contributed by atoms with Crippen LogP contribution in [0, 0.1) is 0 Å². The van der Waals surface area contributed by atoms with E-state index in [1.54, 1.807) is 6.33 Å². The Morgan fingerprint density at radius 1 is 1.29 bits per heavy atom. The van der Waals surface area contributed by atoms with Gasteiger partial charge in [-0.1, -0.05) is 18.2 Å². The van der Waals surface area contributed by atoms with Crippen LogP contribution in [0.4, 0.5) is 17.5 Å². The van der Waals surface area contributed by atoms with Crippen molar-refractivity contribution in [1.82, 2.24) is 19.9 Å². The highest BCUT2D eigenvalue weighted by Crippen LogP contribution is 2.38. The summed E-state index contributed by atoms with van der Waals surface area (Å²) in [5, 5.41) is 0. The molecule has 21 heavy (non-hydrogen) atoms. The van der Waals surface area contributed by atoms with Gasteiger partial charge >= 0.3 is 0 Å². The molecule has 3 heterocycles. The van der Waals surface area contributed by atoms with Crippen molar-refractivity contribution in [2.24, 2.45) is 0 Å². The van der Waals surface area contributed by atoms with E-state index in [0.29, 0.717) is 11.7 Å². The summed E-state index contributed by atoms with van der Waals surface area (Å²) in [5.74, 6) is 1.05. The number of para-hydroxylation sites is 1.